The van der Waals surface area contributed by atoms with Gasteiger partial charge in [0.05, 0.1) is 5.56 Å². The quantitative estimate of drug-likeness (QED) is 0.662. The molecule has 1 saturated carbocycles. The van der Waals surface area contributed by atoms with Gasteiger partial charge in [0, 0.05) is 24.0 Å². The molecule has 1 amide bonds. The number of nitrogens with zero attached hydrogens (tertiary/aromatic N) is 1. The summed E-state index contributed by atoms with van der Waals surface area (Å²) in [6.07, 6.45) is 6.05. The lowest BCUT2D eigenvalue weighted by Gasteiger charge is -2.19. The number of aryl methyl sites for hydroxylation is 1. The number of esters is 1. The van der Waals surface area contributed by atoms with Crippen molar-refractivity contribution in [2.45, 2.75) is 84.9 Å². The van der Waals surface area contributed by atoms with Crippen LogP contribution in [0.25, 0.3) is 0 Å². The zero-order valence-corrected chi connectivity index (χ0v) is 15.4. The average molecular weight is 334 g/mol. The largest absolute Gasteiger partial charge is 0.449 e. The Morgan fingerprint density at radius 3 is 2.42 bits per heavy atom. The highest BCUT2D eigenvalue weighted by Gasteiger charge is 2.24. The highest BCUT2D eigenvalue weighted by atomic mass is 16.5. The summed E-state index contributed by atoms with van der Waals surface area (Å²) in [4.78, 5) is 24.7. The Bertz CT molecular complexity index is 584. The fourth-order valence-electron chi connectivity index (χ4n) is 3.51. The van der Waals surface area contributed by atoms with Crippen molar-refractivity contribution in [1.29, 1.82) is 0 Å². The number of nitrogens with one attached hydrogen (secondary N) is 1. The van der Waals surface area contributed by atoms with Crippen LogP contribution >= 0.6 is 0 Å². The summed E-state index contributed by atoms with van der Waals surface area (Å²) in [5.74, 6) is -0.620. The molecule has 1 aromatic rings. The van der Waals surface area contributed by atoms with E-state index in [2.05, 4.69) is 9.88 Å². The van der Waals surface area contributed by atoms with Crippen molar-refractivity contribution in [3.63, 3.8) is 0 Å². The summed E-state index contributed by atoms with van der Waals surface area (Å²) in [5.41, 5.74) is 2.46. The minimum absolute atomic E-state index is 0.195. The van der Waals surface area contributed by atoms with Crippen LogP contribution in [-0.2, 0) is 16.1 Å². The molecule has 0 aliphatic heterocycles. The van der Waals surface area contributed by atoms with Crippen molar-refractivity contribution in [3.05, 3.63) is 23.0 Å². The van der Waals surface area contributed by atoms with Gasteiger partial charge in [-0.3, -0.25) is 4.79 Å². The van der Waals surface area contributed by atoms with E-state index in [-0.39, 0.29) is 11.9 Å². The minimum Gasteiger partial charge on any atom is -0.449 e. The summed E-state index contributed by atoms with van der Waals surface area (Å²) in [6.45, 7) is 8.36. The molecule has 2 rings (SSSR count). The predicted molar refractivity (Wildman–Crippen MR) is 94.1 cm³/mol. The van der Waals surface area contributed by atoms with Gasteiger partial charge >= 0.3 is 5.97 Å². The molecule has 0 unspecified atom stereocenters. The number of rotatable bonds is 5. The number of hydrogen-bond donors (Lipinski definition) is 1. The van der Waals surface area contributed by atoms with E-state index in [1.807, 2.05) is 26.8 Å². The Morgan fingerprint density at radius 2 is 1.88 bits per heavy atom. The highest BCUT2D eigenvalue weighted by Crippen LogP contribution is 2.18. The third-order valence-electron chi connectivity index (χ3n) is 4.96. The number of aromatic nitrogens is 1. The van der Waals surface area contributed by atoms with Gasteiger partial charge in [-0.25, -0.2) is 4.79 Å². The van der Waals surface area contributed by atoms with E-state index in [0.717, 1.165) is 43.6 Å². The van der Waals surface area contributed by atoms with Gasteiger partial charge in [0.1, 0.15) is 0 Å². The second-order valence-electron chi connectivity index (χ2n) is 6.77. The Kier molecular flexibility index (Phi) is 6.46. The second-order valence-corrected chi connectivity index (χ2v) is 6.77. The fourth-order valence-corrected chi connectivity index (χ4v) is 3.51. The maximum atomic E-state index is 12.4. The normalized spacial score (nSPS) is 17.2. The Balaban J connectivity index is 1.94. The van der Waals surface area contributed by atoms with Crippen molar-refractivity contribution in [1.82, 2.24) is 9.88 Å². The molecule has 1 atom stereocenters. The molecule has 5 heteroatoms. The topological polar surface area (TPSA) is 60.3 Å². The summed E-state index contributed by atoms with van der Waals surface area (Å²) in [6, 6.07) is 2.04. The molecule has 0 aromatic carbocycles. The zero-order chi connectivity index (χ0) is 17.7. The molecular weight excluding hydrogens is 304 g/mol. The first-order chi connectivity index (χ1) is 11.4. The highest BCUT2D eigenvalue weighted by molar-refractivity contribution is 5.93. The molecule has 0 bridgehead atoms. The molecule has 134 valence electrons. The molecule has 0 radical (unpaired) electrons. The smallest absolute Gasteiger partial charge is 0.340 e. The molecule has 1 N–H and O–H groups in total. The van der Waals surface area contributed by atoms with E-state index in [0.29, 0.717) is 5.56 Å². The Morgan fingerprint density at radius 1 is 1.25 bits per heavy atom. The number of ether oxygens (including phenoxy) is 1. The molecule has 1 aliphatic rings. The Labute approximate surface area is 144 Å². The van der Waals surface area contributed by atoms with E-state index in [1.165, 1.54) is 12.8 Å². The van der Waals surface area contributed by atoms with E-state index in [9.17, 15) is 9.59 Å². The maximum absolute atomic E-state index is 12.4. The first-order valence-corrected chi connectivity index (χ1v) is 9.12. The van der Waals surface area contributed by atoms with Gasteiger partial charge in [-0.1, -0.05) is 25.7 Å². The van der Waals surface area contributed by atoms with Gasteiger partial charge in [0.25, 0.3) is 5.91 Å². The minimum atomic E-state index is -0.773. The first kappa shape index (κ1) is 18.6. The van der Waals surface area contributed by atoms with Gasteiger partial charge in [0.2, 0.25) is 0 Å². The predicted octanol–water partition coefficient (Wildman–Crippen LogP) is 3.51. The molecule has 1 aliphatic carbocycles. The second kappa shape index (κ2) is 8.36. The summed E-state index contributed by atoms with van der Waals surface area (Å²) >= 11 is 0. The van der Waals surface area contributed by atoms with Crippen LogP contribution in [0.2, 0.25) is 0 Å². The van der Waals surface area contributed by atoms with E-state index in [4.69, 9.17) is 4.74 Å². The number of amides is 1. The van der Waals surface area contributed by atoms with Crippen molar-refractivity contribution in [2.24, 2.45) is 0 Å². The van der Waals surface area contributed by atoms with E-state index < -0.39 is 12.1 Å². The van der Waals surface area contributed by atoms with E-state index >= 15 is 0 Å². The lowest BCUT2D eigenvalue weighted by Crippen LogP contribution is -2.41. The number of carbonyl (C=O) groups is 2. The van der Waals surface area contributed by atoms with Crippen molar-refractivity contribution in [3.8, 4) is 0 Å². The monoisotopic (exact) mass is 334 g/mol. The van der Waals surface area contributed by atoms with Gasteiger partial charge in [0.15, 0.2) is 6.10 Å². The lowest BCUT2D eigenvalue weighted by molar-refractivity contribution is -0.129. The SMILES string of the molecule is CCn1c(C)cc(C(=O)O[C@H](C)C(=O)NC2CCCCCC2)c1C. The summed E-state index contributed by atoms with van der Waals surface area (Å²) < 4.78 is 7.46. The van der Waals surface area contributed by atoms with Crippen LogP contribution in [-0.4, -0.2) is 28.6 Å². The van der Waals surface area contributed by atoms with Crippen LogP contribution in [0.15, 0.2) is 6.07 Å². The fraction of sp³-hybridized carbons (Fsp3) is 0.684. The van der Waals surface area contributed by atoms with Crippen molar-refractivity contribution >= 4 is 11.9 Å². The Hall–Kier alpha value is -1.78. The number of carbonyl (C=O) groups excluding carboxylic acids is 2. The van der Waals surface area contributed by atoms with Crippen LogP contribution in [0.3, 0.4) is 0 Å². The van der Waals surface area contributed by atoms with Gasteiger partial charge in [-0.2, -0.15) is 0 Å². The summed E-state index contributed by atoms with van der Waals surface area (Å²) in [7, 11) is 0. The third-order valence-corrected chi connectivity index (χ3v) is 4.96. The zero-order valence-electron chi connectivity index (χ0n) is 15.4. The molecule has 1 fully saturated rings. The molecule has 5 nitrogen and oxygen atoms in total. The third kappa shape index (κ3) is 4.40. The van der Waals surface area contributed by atoms with E-state index in [1.54, 1.807) is 6.92 Å². The van der Waals surface area contributed by atoms with Crippen molar-refractivity contribution in [2.75, 3.05) is 0 Å². The van der Waals surface area contributed by atoms with Gasteiger partial charge in [-0.15, -0.1) is 0 Å². The lowest BCUT2D eigenvalue weighted by atomic mass is 10.1. The van der Waals surface area contributed by atoms with Gasteiger partial charge < -0.3 is 14.6 Å². The molecule has 0 spiro atoms. The van der Waals surface area contributed by atoms with Crippen molar-refractivity contribution < 1.29 is 14.3 Å². The molecule has 1 aromatic heterocycles. The molecular formula is C19H30N2O3. The van der Waals surface area contributed by atoms with Crippen LogP contribution in [0, 0.1) is 13.8 Å². The van der Waals surface area contributed by atoms with Crippen LogP contribution < -0.4 is 5.32 Å². The first-order valence-electron chi connectivity index (χ1n) is 9.12. The van der Waals surface area contributed by atoms with Gasteiger partial charge in [-0.05, 0) is 46.6 Å². The molecule has 1 heterocycles. The summed E-state index contributed by atoms with van der Waals surface area (Å²) in [5, 5.41) is 3.04. The molecule has 0 saturated heterocycles. The van der Waals surface area contributed by atoms with Crippen LogP contribution in [0.5, 0.6) is 0 Å². The maximum Gasteiger partial charge on any atom is 0.340 e. The number of hydrogen-bond acceptors (Lipinski definition) is 3. The van der Waals surface area contributed by atoms with Crippen LogP contribution in [0.4, 0.5) is 0 Å². The standard InChI is InChI=1S/C19H30N2O3/c1-5-21-13(2)12-17(14(21)3)19(23)24-15(4)18(22)20-16-10-8-6-7-9-11-16/h12,15-16H,5-11H2,1-4H3,(H,20,22)/t15-/m1/s1. The van der Waals surface area contributed by atoms with Crippen LogP contribution in [0.1, 0.15) is 74.1 Å². The average Bonchev–Trinajstić information content (AvgIpc) is 2.71. The molecule has 24 heavy (non-hydrogen) atoms.